The minimum absolute atomic E-state index is 0. The van der Waals surface area contributed by atoms with E-state index in [-0.39, 0.29) is 93.0 Å². The molecule has 0 aromatic heterocycles. The maximum absolute atomic E-state index is 10.4. The number of hydrogen-bond donors (Lipinski definition) is 4. The second-order valence-electron chi connectivity index (χ2n) is 2.04. The van der Waals surface area contributed by atoms with Gasteiger partial charge in [-0.15, -0.1) is 0 Å². The van der Waals surface area contributed by atoms with E-state index in [9.17, 15) is 14.2 Å². The van der Waals surface area contributed by atoms with Gasteiger partial charge >= 0.3 is 108 Å². The summed E-state index contributed by atoms with van der Waals surface area (Å²) >= 11 is 0. The Morgan fingerprint density at radius 2 is 1.47 bits per heavy atom. The van der Waals surface area contributed by atoms with Crippen LogP contribution in [0.15, 0.2) is 0 Å². The Balaban J connectivity index is -0.0000000403. The zero-order valence-electron chi connectivity index (χ0n) is 11.7. The predicted octanol–water partition coefficient (Wildman–Crippen LogP) is -9.56. The Morgan fingerprint density at radius 1 is 1.13 bits per heavy atom. The van der Waals surface area contributed by atoms with Crippen LogP contribution < -0.4 is 88.7 Å². The van der Waals surface area contributed by atoms with Crippen molar-refractivity contribution in [2.75, 3.05) is 0 Å². The number of hydrogen-bond acceptors (Lipinski definition) is 3. The molecule has 0 amide bonds. The average molecular weight is 270 g/mol. The maximum Gasteiger partial charge on any atom is 1.00 e. The molecule has 0 aliphatic heterocycles. The van der Waals surface area contributed by atoms with Crippen LogP contribution in [-0.4, -0.2) is 37.6 Å². The van der Waals surface area contributed by atoms with Crippen molar-refractivity contribution in [2.45, 2.75) is 12.1 Å². The average Bonchev–Trinajstić information content (AvgIpc) is 1.79. The Morgan fingerprint density at radius 3 is 1.53 bits per heavy atom. The van der Waals surface area contributed by atoms with Gasteiger partial charge in [-0.2, -0.15) is 0 Å². The van der Waals surface area contributed by atoms with Crippen LogP contribution in [-0.2, 0) is 14.2 Å². The first-order chi connectivity index (χ1) is 5.25. The molecule has 1 unspecified atom stereocenters. The minimum atomic E-state index is -4.87. The van der Waals surface area contributed by atoms with Gasteiger partial charge in [0.15, 0.2) is 5.66 Å². The van der Waals surface area contributed by atoms with E-state index < -0.39 is 31.6 Å². The number of aliphatic carboxylic acids is 2. The van der Waals surface area contributed by atoms with Gasteiger partial charge in [-0.1, -0.05) is 0 Å². The van der Waals surface area contributed by atoms with E-state index in [1.165, 1.54) is 0 Å². The molecule has 11 heteroatoms. The van der Waals surface area contributed by atoms with Crippen molar-refractivity contribution in [3.63, 3.8) is 0 Å². The van der Waals surface area contributed by atoms with Gasteiger partial charge in [-0.25, -0.2) is 0 Å². The van der Waals surface area contributed by atoms with Gasteiger partial charge in [0.2, 0.25) is 0 Å². The fraction of sp³-hybridized carbons (Fsp3) is 0.500. The van der Waals surface area contributed by atoms with E-state index in [4.69, 9.17) is 20.0 Å². The number of carboxylic acid groups (broad SMARTS) is 2. The first-order valence-electron chi connectivity index (χ1n) is 2.75. The smallest absolute Gasteiger partial charge is 1.00 e. The molecule has 7 nitrogen and oxygen atoms in total. The van der Waals surface area contributed by atoms with Gasteiger partial charge in [0, 0.05) is 0 Å². The quantitative estimate of drug-likeness (QED) is 0.294. The molecule has 0 heterocycles. The third-order valence-electron chi connectivity index (χ3n) is 1.06. The van der Waals surface area contributed by atoms with E-state index in [2.05, 4.69) is 0 Å². The van der Waals surface area contributed by atoms with E-state index in [1.807, 2.05) is 0 Å². The summed E-state index contributed by atoms with van der Waals surface area (Å²) in [4.78, 5) is 36.8. The number of rotatable bonds is 4. The fourth-order valence-corrected chi connectivity index (χ4v) is 1.20. The van der Waals surface area contributed by atoms with Gasteiger partial charge in [0.1, 0.15) is 0 Å². The number of carboxylic acids is 2. The zero-order chi connectivity index (χ0) is 9.94. The summed E-state index contributed by atoms with van der Waals surface area (Å²) in [5.41, 5.74) is -2.16. The summed E-state index contributed by atoms with van der Waals surface area (Å²) in [5.74, 6) is -3.38. The molecule has 0 aliphatic rings. The molecule has 76 valence electrons. The minimum Gasteiger partial charge on any atom is -1.00 e. The van der Waals surface area contributed by atoms with Crippen LogP contribution >= 0.6 is 7.60 Å². The van der Waals surface area contributed by atoms with Gasteiger partial charge in [0.25, 0.3) is 0 Å². The Hall–Kier alpha value is 2.09. The van der Waals surface area contributed by atoms with E-state index in [0.717, 1.165) is 0 Å². The van der Waals surface area contributed by atoms with Crippen molar-refractivity contribution < 1.29 is 127 Å². The second-order valence-corrected chi connectivity index (χ2v) is 3.84. The third-order valence-corrected chi connectivity index (χ3v) is 2.27. The molecular formula is C4H10Na3O7P. The molecule has 0 saturated carbocycles. The van der Waals surface area contributed by atoms with Crippen molar-refractivity contribution in [3.8, 4) is 0 Å². The van der Waals surface area contributed by atoms with Crippen molar-refractivity contribution in [1.29, 1.82) is 0 Å². The van der Waals surface area contributed by atoms with E-state index in [1.54, 1.807) is 0 Å². The largest absolute Gasteiger partial charge is 1.00 e. The molecule has 1 atom stereocenters. The van der Waals surface area contributed by atoms with Gasteiger partial charge in [0.05, 0.1) is 6.42 Å². The topological polar surface area (TPSA) is 132 Å². The van der Waals surface area contributed by atoms with Gasteiger partial charge < -0.3 is 24.3 Å². The summed E-state index contributed by atoms with van der Waals surface area (Å²) in [5, 5.41) is 16.3. The normalized spacial score (nSPS) is 11.1. The monoisotopic (exact) mass is 270 g/mol. The summed E-state index contributed by atoms with van der Waals surface area (Å²) in [6, 6.07) is 0. The van der Waals surface area contributed by atoms with Crippen molar-refractivity contribution in [2.24, 2.45) is 0 Å². The third kappa shape index (κ3) is 12.3. The molecular weight excluding hydrogens is 260 g/mol. The van der Waals surface area contributed by atoms with Crippen LogP contribution in [0.4, 0.5) is 0 Å². The van der Waals surface area contributed by atoms with Crippen LogP contribution in [0, 0.1) is 0 Å². The maximum atomic E-state index is 10.4. The fourth-order valence-electron chi connectivity index (χ4n) is 0.515. The second kappa shape index (κ2) is 11.2. The van der Waals surface area contributed by atoms with Crippen molar-refractivity contribution >= 4 is 19.5 Å². The SMILES string of the molecule is O=C(O)CC(C(=O)O)P(=O)(O)O.[H-].[H-].[H-].[Na+].[Na+].[Na+]. The zero-order valence-corrected chi connectivity index (χ0v) is 15.6. The Labute approximate surface area is 156 Å². The van der Waals surface area contributed by atoms with E-state index >= 15 is 0 Å². The van der Waals surface area contributed by atoms with Crippen LogP contribution in [0.1, 0.15) is 10.7 Å². The van der Waals surface area contributed by atoms with Gasteiger partial charge in [-0.3, -0.25) is 14.2 Å². The molecule has 0 radical (unpaired) electrons. The molecule has 0 rings (SSSR count). The van der Waals surface area contributed by atoms with Crippen LogP contribution in [0.25, 0.3) is 0 Å². The molecule has 0 bridgehead atoms. The van der Waals surface area contributed by atoms with Crippen molar-refractivity contribution in [1.82, 2.24) is 0 Å². The Bertz CT molecular complexity index is 262. The molecule has 0 fully saturated rings. The first kappa shape index (κ1) is 25.8. The molecule has 0 aromatic rings. The molecule has 4 N–H and O–H groups in total. The molecule has 15 heavy (non-hydrogen) atoms. The number of carbonyl (C=O) groups is 2. The summed E-state index contributed by atoms with van der Waals surface area (Å²) in [7, 11) is -4.87. The molecule has 0 spiro atoms. The standard InChI is InChI=1S/C4H7O7P.3Na.3H/c5-3(6)1-2(4(7)8)12(9,10)11;;;;;;/h2H,1H2,(H,5,6)(H,7,8)(H2,9,10,11);;;;;;/q;3*+1;3*-1. The first-order valence-corrected chi connectivity index (χ1v) is 4.43. The summed E-state index contributed by atoms with van der Waals surface area (Å²) in [6.07, 6.45) is -1.08. The van der Waals surface area contributed by atoms with E-state index in [0.29, 0.717) is 0 Å². The van der Waals surface area contributed by atoms with Crippen molar-refractivity contribution in [3.05, 3.63) is 0 Å². The van der Waals surface area contributed by atoms with Crippen LogP contribution in [0.3, 0.4) is 0 Å². The summed E-state index contributed by atoms with van der Waals surface area (Å²) in [6.45, 7) is 0. The van der Waals surface area contributed by atoms with Crippen LogP contribution in [0.2, 0.25) is 0 Å². The van der Waals surface area contributed by atoms with Crippen LogP contribution in [0.5, 0.6) is 0 Å². The molecule has 0 aromatic carbocycles. The summed E-state index contributed by atoms with van der Waals surface area (Å²) < 4.78 is 10.4. The molecule has 0 saturated heterocycles. The predicted molar refractivity (Wildman–Crippen MR) is 39.1 cm³/mol. The van der Waals surface area contributed by atoms with Gasteiger partial charge in [-0.05, 0) is 0 Å². The molecule has 0 aliphatic carbocycles. The Kier molecular flexibility index (Phi) is 19.3.